The molecule has 1 spiro atoms. The molecule has 1 saturated heterocycles. The number of hydrogen-bond donors (Lipinski definition) is 1. The molecule has 1 N–H and O–H groups in total. The summed E-state index contributed by atoms with van der Waals surface area (Å²) >= 11 is 0. The Morgan fingerprint density at radius 2 is 2.00 bits per heavy atom. The minimum atomic E-state index is 0.455. The maximum absolute atomic E-state index is 4.07. The molecular weight excluding hydrogens is 222 g/mol. The van der Waals surface area contributed by atoms with Crippen LogP contribution in [0.1, 0.15) is 31.2 Å². The van der Waals surface area contributed by atoms with Crippen molar-refractivity contribution >= 4 is 0 Å². The first-order valence-corrected chi connectivity index (χ1v) is 7.23. The highest BCUT2D eigenvalue weighted by atomic mass is 15.2. The van der Waals surface area contributed by atoms with E-state index in [0.717, 1.165) is 13.0 Å². The van der Waals surface area contributed by atoms with Gasteiger partial charge in [0.1, 0.15) is 0 Å². The van der Waals surface area contributed by atoms with E-state index in [1.165, 1.54) is 50.9 Å². The molecular formula is C15H23N3. The zero-order valence-electron chi connectivity index (χ0n) is 11.1. The van der Waals surface area contributed by atoms with Crippen LogP contribution in [0.15, 0.2) is 24.5 Å². The van der Waals surface area contributed by atoms with Crippen LogP contribution < -0.4 is 5.32 Å². The first-order chi connectivity index (χ1) is 8.86. The van der Waals surface area contributed by atoms with E-state index in [-0.39, 0.29) is 0 Å². The number of piperazine rings is 1. The lowest BCUT2D eigenvalue weighted by Gasteiger charge is -2.41. The molecule has 0 amide bonds. The van der Waals surface area contributed by atoms with E-state index < -0.39 is 0 Å². The van der Waals surface area contributed by atoms with Gasteiger partial charge in [0.05, 0.1) is 0 Å². The Morgan fingerprint density at radius 1 is 1.22 bits per heavy atom. The van der Waals surface area contributed by atoms with Crippen LogP contribution in [-0.4, -0.2) is 41.6 Å². The quantitative estimate of drug-likeness (QED) is 0.881. The smallest absolute Gasteiger partial charge is 0.0309 e. The summed E-state index contributed by atoms with van der Waals surface area (Å²) in [6, 6.07) is 4.26. The molecule has 18 heavy (non-hydrogen) atoms. The fourth-order valence-electron chi connectivity index (χ4n) is 3.46. The lowest BCUT2D eigenvalue weighted by Crippen LogP contribution is -2.59. The van der Waals surface area contributed by atoms with Crippen LogP contribution in [0.5, 0.6) is 0 Å². The van der Waals surface area contributed by atoms with E-state index in [0.29, 0.717) is 5.54 Å². The highest BCUT2D eigenvalue weighted by Crippen LogP contribution is 2.31. The Hall–Kier alpha value is -0.930. The molecule has 3 rings (SSSR count). The van der Waals surface area contributed by atoms with Gasteiger partial charge in [-0.05, 0) is 37.0 Å². The molecule has 2 aliphatic rings. The molecule has 1 aromatic heterocycles. The van der Waals surface area contributed by atoms with E-state index in [9.17, 15) is 0 Å². The van der Waals surface area contributed by atoms with Gasteiger partial charge in [-0.15, -0.1) is 0 Å². The molecule has 2 fully saturated rings. The Bertz CT molecular complexity index is 371. The van der Waals surface area contributed by atoms with Gasteiger partial charge in [-0.3, -0.25) is 9.88 Å². The van der Waals surface area contributed by atoms with E-state index in [1.54, 1.807) is 0 Å². The molecule has 2 heterocycles. The van der Waals surface area contributed by atoms with Crippen LogP contribution in [0.4, 0.5) is 0 Å². The molecule has 0 aromatic carbocycles. The minimum absolute atomic E-state index is 0.455. The van der Waals surface area contributed by atoms with Crippen molar-refractivity contribution < 1.29 is 0 Å². The summed E-state index contributed by atoms with van der Waals surface area (Å²) < 4.78 is 0. The maximum Gasteiger partial charge on any atom is 0.0309 e. The van der Waals surface area contributed by atoms with E-state index in [2.05, 4.69) is 27.3 Å². The molecule has 0 atom stereocenters. The second-order valence-corrected chi connectivity index (χ2v) is 5.80. The molecule has 3 nitrogen and oxygen atoms in total. The van der Waals surface area contributed by atoms with Crippen molar-refractivity contribution in [3.8, 4) is 0 Å². The van der Waals surface area contributed by atoms with Crippen LogP contribution in [0, 0.1) is 0 Å². The third-order valence-corrected chi connectivity index (χ3v) is 4.48. The Labute approximate surface area is 110 Å². The summed E-state index contributed by atoms with van der Waals surface area (Å²) in [5, 5.41) is 3.77. The van der Waals surface area contributed by atoms with E-state index in [1.807, 2.05) is 12.4 Å². The van der Waals surface area contributed by atoms with Crippen LogP contribution in [0.2, 0.25) is 0 Å². The second kappa shape index (κ2) is 5.37. The van der Waals surface area contributed by atoms with Gasteiger partial charge in [0.15, 0.2) is 0 Å². The fraction of sp³-hybridized carbons (Fsp3) is 0.667. The third kappa shape index (κ3) is 2.73. The molecule has 1 aliphatic heterocycles. The number of aromatic nitrogens is 1. The van der Waals surface area contributed by atoms with Crippen LogP contribution in [0.3, 0.4) is 0 Å². The molecule has 1 aliphatic carbocycles. The Morgan fingerprint density at radius 3 is 2.78 bits per heavy atom. The first-order valence-electron chi connectivity index (χ1n) is 7.23. The predicted octanol–water partition coefficient (Wildman–Crippen LogP) is 1.84. The SMILES string of the molecule is c1cc(CCN2CCNC3(CCCC3)C2)ccn1. The summed E-state index contributed by atoms with van der Waals surface area (Å²) in [5.41, 5.74) is 1.86. The van der Waals surface area contributed by atoms with Gasteiger partial charge in [-0.2, -0.15) is 0 Å². The number of nitrogens with zero attached hydrogens (tertiary/aromatic N) is 2. The standard InChI is InChI=1S/C15H23N3/c1-2-7-15(6-1)13-18(12-10-17-15)11-5-14-3-8-16-9-4-14/h3-4,8-9,17H,1-2,5-7,10-13H2. The third-order valence-electron chi connectivity index (χ3n) is 4.48. The monoisotopic (exact) mass is 245 g/mol. The number of rotatable bonds is 3. The van der Waals surface area contributed by atoms with Gasteiger partial charge in [0.25, 0.3) is 0 Å². The average molecular weight is 245 g/mol. The number of nitrogens with one attached hydrogen (secondary N) is 1. The van der Waals surface area contributed by atoms with Crippen molar-refractivity contribution in [2.75, 3.05) is 26.2 Å². The van der Waals surface area contributed by atoms with Gasteiger partial charge in [-0.1, -0.05) is 12.8 Å². The Balaban J connectivity index is 1.54. The zero-order valence-corrected chi connectivity index (χ0v) is 11.1. The molecule has 0 radical (unpaired) electrons. The summed E-state index contributed by atoms with van der Waals surface area (Å²) in [6.07, 6.45) is 10.5. The Kier molecular flexibility index (Phi) is 3.62. The van der Waals surface area contributed by atoms with Gasteiger partial charge < -0.3 is 5.32 Å². The van der Waals surface area contributed by atoms with Gasteiger partial charge in [0, 0.05) is 44.1 Å². The van der Waals surface area contributed by atoms with Crippen LogP contribution in [-0.2, 0) is 6.42 Å². The molecule has 1 aromatic rings. The fourth-order valence-corrected chi connectivity index (χ4v) is 3.46. The summed E-state index contributed by atoms with van der Waals surface area (Å²) in [7, 11) is 0. The lowest BCUT2D eigenvalue weighted by atomic mass is 9.94. The predicted molar refractivity (Wildman–Crippen MR) is 73.6 cm³/mol. The van der Waals surface area contributed by atoms with Crippen molar-refractivity contribution in [1.82, 2.24) is 15.2 Å². The van der Waals surface area contributed by atoms with E-state index in [4.69, 9.17) is 0 Å². The average Bonchev–Trinajstić information content (AvgIpc) is 2.86. The van der Waals surface area contributed by atoms with Gasteiger partial charge in [-0.25, -0.2) is 0 Å². The van der Waals surface area contributed by atoms with Crippen molar-refractivity contribution in [3.05, 3.63) is 30.1 Å². The van der Waals surface area contributed by atoms with Crippen molar-refractivity contribution in [2.45, 2.75) is 37.6 Å². The van der Waals surface area contributed by atoms with Gasteiger partial charge in [0.2, 0.25) is 0 Å². The molecule has 98 valence electrons. The summed E-state index contributed by atoms with van der Waals surface area (Å²) in [6.45, 7) is 4.80. The van der Waals surface area contributed by atoms with Crippen LogP contribution >= 0.6 is 0 Å². The zero-order chi connectivity index (χ0) is 12.3. The van der Waals surface area contributed by atoms with Crippen molar-refractivity contribution in [2.24, 2.45) is 0 Å². The van der Waals surface area contributed by atoms with E-state index >= 15 is 0 Å². The summed E-state index contributed by atoms with van der Waals surface area (Å²) in [4.78, 5) is 6.72. The highest BCUT2D eigenvalue weighted by molar-refractivity contribution is 5.10. The first kappa shape index (κ1) is 12.1. The topological polar surface area (TPSA) is 28.2 Å². The largest absolute Gasteiger partial charge is 0.309 e. The maximum atomic E-state index is 4.07. The number of pyridine rings is 1. The normalized spacial score (nSPS) is 23.6. The molecule has 0 bridgehead atoms. The van der Waals surface area contributed by atoms with Crippen LogP contribution in [0.25, 0.3) is 0 Å². The van der Waals surface area contributed by atoms with Crippen molar-refractivity contribution in [3.63, 3.8) is 0 Å². The van der Waals surface area contributed by atoms with Crippen molar-refractivity contribution in [1.29, 1.82) is 0 Å². The molecule has 0 unspecified atom stereocenters. The minimum Gasteiger partial charge on any atom is -0.309 e. The summed E-state index contributed by atoms with van der Waals surface area (Å²) in [5.74, 6) is 0. The molecule has 3 heteroatoms. The molecule has 1 saturated carbocycles. The highest BCUT2D eigenvalue weighted by Gasteiger charge is 2.37. The lowest BCUT2D eigenvalue weighted by molar-refractivity contribution is 0.136. The van der Waals surface area contributed by atoms with Gasteiger partial charge >= 0.3 is 0 Å². The number of hydrogen-bond acceptors (Lipinski definition) is 3. The second-order valence-electron chi connectivity index (χ2n) is 5.80.